The summed E-state index contributed by atoms with van der Waals surface area (Å²) in [5.41, 5.74) is 2.73. The Labute approximate surface area is 197 Å². The van der Waals surface area contributed by atoms with Gasteiger partial charge >= 0.3 is 0 Å². The Morgan fingerprint density at radius 2 is 1.94 bits per heavy atom. The summed E-state index contributed by atoms with van der Waals surface area (Å²) in [6.07, 6.45) is 12.0. The number of benzene rings is 1. The molecule has 0 bridgehead atoms. The average molecular weight is 446 g/mol. The molecule has 2 aromatic rings. The molecular weight excluding hydrogens is 410 g/mol. The van der Waals surface area contributed by atoms with Crippen LogP contribution in [0.4, 0.5) is 0 Å². The molecule has 0 unspecified atom stereocenters. The Balaban J connectivity index is 1.60. The number of rotatable bonds is 7. The number of nitrogens with zero attached hydrogens (tertiary/aromatic N) is 3. The molecule has 1 aromatic carbocycles. The Hall–Kier alpha value is -2.95. The van der Waals surface area contributed by atoms with E-state index in [9.17, 15) is 9.59 Å². The zero-order valence-corrected chi connectivity index (χ0v) is 19.9. The molecule has 1 fully saturated rings. The van der Waals surface area contributed by atoms with Crippen molar-refractivity contribution in [1.82, 2.24) is 14.8 Å². The molecule has 1 aliphatic carbocycles. The summed E-state index contributed by atoms with van der Waals surface area (Å²) in [7, 11) is 0. The number of pyridine rings is 1. The molecule has 2 heterocycles. The first-order valence-corrected chi connectivity index (χ1v) is 12.3. The van der Waals surface area contributed by atoms with E-state index in [0.717, 1.165) is 36.0 Å². The fourth-order valence-corrected chi connectivity index (χ4v) is 5.36. The van der Waals surface area contributed by atoms with Gasteiger partial charge in [-0.25, -0.2) is 0 Å². The van der Waals surface area contributed by atoms with E-state index in [4.69, 9.17) is 0 Å². The van der Waals surface area contributed by atoms with Gasteiger partial charge in [-0.3, -0.25) is 14.6 Å². The van der Waals surface area contributed by atoms with E-state index in [1.807, 2.05) is 35.9 Å². The Morgan fingerprint density at radius 1 is 1.12 bits per heavy atom. The smallest absolute Gasteiger partial charge is 0.230 e. The second kappa shape index (κ2) is 10.3. The van der Waals surface area contributed by atoms with Crippen molar-refractivity contribution >= 4 is 11.8 Å². The second-order valence-electron chi connectivity index (χ2n) is 9.37. The van der Waals surface area contributed by atoms with Crippen LogP contribution in [0, 0.1) is 11.3 Å². The molecular formula is C28H35N3O2. The van der Waals surface area contributed by atoms with Gasteiger partial charge in [-0.2, -0.15) is 0 Å². The van der Waals surface area contributed by atoms with E-state index < -0.39 is 5.41 Å². The molecule has 2 aliphatic rings. The summed E-state index contributed by atoms with van der Waals surface area (Å²) >= 11 is 0. The summed E-state index contributed by atoms with van der Waals surface area (Å²) in [6, 6.07) is 12.4. The minimum atomic E-state index is -0.570. The summed E-state index contributed by atoms with van der Waals surface area (Å²) < 4.78 is 0. The molecule has 1 saturated heterocycles. The van der Waals surface area contributed by atoms with Crippen LogP contribution < -0.4 is 0 Å². The van der Waals surface area contributed by atoms with Gasteiger partial charge in [-0.05, 0) is 68.7 Å². The summed E-state index contributed by atoms with van der Waals surface area (Å²) in [6.45, 7) is 6.62. The Morgan fingerprint density at radius 3 is 2.64 bits per heavy atom. The van der Waals surface area contributed by atoms with Gasteiger partial charge in [-0.1, -0.05) is 42.5 Å². The van der Waals surface area contributed by atoms with Crippen LogP contribution in [-0.2, 0) is 16.0 Å². The Bertz CT molecular complexity index is 999. The van der Waals surface area contributed by atoms with Crippen molar-refractivity contribution in [2.24, 2.45) is 11.3 Å². The van der Waals surface area contributed by atoms with Crippen molar-refractivity contribution in [3.8, 4) is 11.1 Å². The molecule has 5 heteroatoms. The van der Waals surface area contributed by atoms with Crippen molar-refractivity contribution in [3.63, 3.8) is 0 Å². The van der Waals surface area contributed by atoms with Gasteiger partial charge in [0.05, 0.1) is 5.41 Å². The molecule has 5 nitrogen and oxygen atoms in total. The van der Waals surface area contributed by atoms with Gasteiger partial charge in [0.25, 0.3) is 0 Å². The fourth-order valence-electron chi connectivity index (χ4n) is 5.36. The number of hydrogen-bond acceptors (Lipinski definition) is 3. The van der Waals surface area contributed by atoms with E-state index in [2.05, 4.69) is 47.5 Å². The minimum absolute atomic E-state index is 0.0586. The molecule has 4 rings (SSSR count). The number of amides is 2. The van der Waals surface area contributed by atoms with Gasteiger partial charge < -0.3 is 9.80 Å². The van der Waals surface area contributed by atoms with Gasteiger partial charge in [0.15, 0.2) is 0 Å². The molecule has 1 aliphatic heterocycles. The van der Waals surface area contributed by atoms with Crippen molar-refractivity contribution in [2.75, 3.05) is 26.2 Å². The molecule has 1 aromatic heterocycles. The number of likely N-dealkylation sites (tertiary alicyclic amines) is 1. The minimum Gasteiger partial charge on any atom is -0.343 e. The van der Waals surface area contributed by atoms with E-state index in [1.165, 1.54) is 0 Å². The first-order chi connectivity index (χ1) is 16.1. The molecule has 0 spiro atoms. The largest absolute Gasteiger partial charge is 0.343 e. The molecule has 2 amide bonds. The molecule has 0 saturated carbocycles. The molecule has 0 N–H and O–H groups in total. The monoisotopic (exact) mass is 445 g/mol. The van der Waals surface area contributed by atoms with Crippen LogP contribution in [0.5, 0.6) is 0 Å². The standard InChI is InChI=1S/C28H35N3O2/c1-3-30(4-2)27(33)28(15-17-31(21-28)26(32)23-11-6-5-7-12-23)19-22-10-8-13-24(18-22)25-14-9-16-29-20-25/h5-6,8-10,13-14,16,18,20,23H,3-4,7,11-12,15,17,19,21H2,1-2H3/t23-,28-/m1/s1. The second-order valence-corrected chi connectivity index (χ2v) is 9.37. The average Bonchev–Trinajstić information content (AvgIpc) is 3.30. The van der Waals surface area contributed by atoms with Gasteiger partial charge in [0.1, 0.15) is 0 Å². The predicted molar refractivity (Wildman–Crippen MR) is 131 cm³/mol. The maximum atomic E-state index is 13.8. The van der Waals surface area contributed by atoms with Crippen molar-refractivity contribution < 1.29 is 9.59 Å². The van der Waals surface area contributed by atoms with E-state index in [-0.39, 0.29) is 17.7 Å². The fraction of sp³-hybridized carbons (Fsp3) is 0.464. The van der Waals surface area contributed by atoms with Crippen LogP contribution in [-0.4, -0.2) is 52.8 Å². The quantitative estimate of drug-likeness (QED) is 0.579. The lowest BCUT2D eigenvalue weighted by molar-refractivity contribution is -0.142. The lowest BCUT2D eigenvalue weighted by Gasteiger charge is -2.34. The van der Waals surface area contributed by atoms with Crippen LogP contribution in [0.3, 0.4) is 0 Å². The van der Waals surface area contributed by atoms with Gasteiger partial charge in [0.2, 0.25) is 11.8 Å². The molecule has 0 radical (unpaired) electrons. The van der Waals surface area contributed by atoms with Crippen LogP contribution in [0.15, 0.2) is 60.9 Å². The van der Waals surface area contributed by atoms with Crippen LogP contribution >= 0.6 is 0 Å². The number of carbonyl (C=O) groups is 2. The lowest BCUT2D eigenvalue weighted by Crippen LogP contribution is -2.47. The molecule has 174 valence electrons. The van der Waals surface area contributed by atoms with Crippen molar-refractivity contribution in [1.29, 1.82) is 0 Å². The summed E-state index contributed by atoms with van der Waals surface area (Å²) in [4.78, 5) is 35.2. The van der Waals surface area contributed by atoms with Crippen molar-refractivity contribution in [2.45, 2.75) is 46.0 Å². The third-order valence-electron chi connectivity index (χ3n) is 7.25. The highest BCUT2D eigenvalue weighted by Crippen LogP contribution is 2.38. The number of carbonyl (C=O) groups excluding carboxylic acids is 2. The number of hydrogen-bond donors (Lipinski definition) is 0. The van der Waals surface area contributed by atoms with Gasteiger partial charge in [0, 0.05) is 44.5 Å². The first-order valence-electron chi connectivity index (χ1n) is 12.3. The van der Waals surface area contributed by atoms with E-state index in [0.29, 0.717) is 39.0 Å². The van der Waals surface area contributed by atoms with Crippen LogP contribution in [0.25, 0.3) is 11.1 Å². The third-order valence-corrected chi connectivity index (χ3v) is 7.25. The number of aromatic nitrogens is 1. The summed E-state index contributed by atoms with van der Waals surface area (Å²) in [5.74, 6) is 0.457. The maximum absolute atomic E-state index is 13.8. The van der Waals surface area contributed by atoms with Crippen LogP contribution in [0.2, 0.25) is 0 Å². The topological polar surface area (TPSA) is 53.5 Å². The zero-order chi connectivity index (χ0) is 23.3. The van der Waals surface area contributed by atoms with Gasteiger partial charge in [-0.15, -0.1) is 0 Å². The highest BCUT2D eigenvalue weighted by Gasteiger charge is 2.48. The highest BCUT2D eigenvalue weighted by molar-refractivity contribution is 5.86. The molecule has 2 atom stereocenters. The zero-order valence-electron chi connectivity index (χ0n) is 19.9. The highest BCUT2D eigenvalue weighted by atomic mass is 16.2. The van der Waals surface area contributed by atoms with E-state index in [1.54, 1.807) is 6.20 Å². The predicted octanol–water partition coefficient (Wildman–Crippen LogP) is 4.73. The molecule has 33 heavy (non-hydrogen) atoms. The third kappa shape index (κ3) is 5.02. The summed E-state index contributed by atoms with van der Waals surface area (Å²) in [5, 5.41) is 0. The normalized spacial score (nSPS) is 22.4. The number of allylic oxidation sites excluding steroid dienone is 2. The van der Waals surface area contributed by atoms with Crippen molar-refractivity contribution in [3.05, 3.63) is 66.5 Å². The lowest BCUT2D eigenvalue weighted by atomic mass is 9.78. The SMILES string of the molecule is CCN(CC)C(=O)[C@@]1(Cc2cccc(-c3cccnc3)c2)CCN(C(=O)[C@@H]2CC=CCC2)C1. The maximum Gasteiger partial charge on any atom is 0.230 e. The van der Waals surface area contributed by atoms with Crippen LogP contribution in [0.1, 0.15) is 45.1 Å². The first kappa shape index (κ1) is 23.2. The Kier molecular flexibility index (Phi) is 7.26. The van der Waals surface area contributed by atoms with E-state index >= 15 is 0 Å².